The molecule has 1 amide bonds. The van der Waals surface area contributed by atoms with Crippen LogP contribution in [0.4, 0.5) is 11.4 Å². The van der Waals surface area contributed by atoms with E-state index in [4.69, 9.17) is 11.6 Å². The van der Waals surface area contributed by atoms with Crippen LogP contribution in [-0.4, -0.2) is 20.6 Å². The van der Waals surface area contributed by atoms with E-state index in [1.165, 1.54) is 18.3 Å². The lowest BCUT2D eigenvalue weighted by molar-refractivity contribution is -0.384. The molecule has 3 aromatic rings. The summed E-state index contributed by atoms with van der Waals surface area (Å²) in [5, 5.41) is 18.4. The molecule has 0 aliphatic carbocycles. The number of nitro benzene ring substituents is 1. The molecule has 0 radical (unpaired) electrons. The maximum absolute atomic E-state index is 12.3. The van der Waals surface area contributed by atoms with Gasteiger partial charge in [-0.1, -0.05) is 29.8 Å². The number of carbonyl (C=O) groups is 1. The Hall–Kier alpha value is -3.26. The molecule has 0 spiro atoms. The number of nitro groups is 1. The van der Waals surface area contributed by atoms with Crippen LogP contribution in [0.2, 0.25) is 5.02 Å². The number of anilines is 1. The summed E-state index contributed by atoms with van der Waals surface area (Å²) < 4.78 is 1.03. The first kappa shape index (κ1) is 16.6. The Morgan fingerprint density at radius 1 is 1.28 bits per heavy atom. The molecular formula is C16H11ClN4O4. The van der Waals surface area contributed by atoms with E-state index in [9.17, 15) is 19.7 Å². The highest BCUT2D eigenvalue weighted by Gasteiger charge is 2.14. The molecule has 1 N–H and O–H groups in total. The summed E-state index contributed by atoms with van der Waals surface area (Å²) in [7, 11) is 0. The van der Waals surface area contributed by atoms with Gasteiger partial charge in [0.05, 0.1) is 16.5 Å². The van der Waals surface area contributed by atoms with Crippen LogP contribution in [0.25, 0.3) is 10.8 Å². The smallest absolute Gasteiger partial charge is 0.289 e. The van der Waals surface area contributed by atoms with Crippen LogP contribution in [0.5, 0.6) is 0 Å². The van der Waals surface area contributed by atoms with Gasteiger partial charge in [-0.2, -0.15) is 5.10 Å². The number of hydrogen-bond donors (Lipinski definition) is 1. The van der Waals surface area contributed by atoms with E-state index >= 15 is 0 Å². The SMILES string of the molecule is O=C(Cn1ncc2ccccc2c1=O)Nc1ccc(Cl)c([N+](=O)[O-])c1. The van der Waals surface area contributed by atoms with Crippen molar-refractivity contribution in [1.29, 1.82) is 0 Å². The lowest BCUT2D eigenvalue weighted by Crippen LogP contribution is -2.29. The van der Waals surface area contributed by atoms with Crippen molar-refractivity contribution in [3.05, 3.63) is 74.2 Å². The van der Waals surface area contributed by atoms with Crippen molar-refractivity contribution in [2.24, 2.45) is 0 Å². The molecule has 1 aromatic heterocycles. The molecule has 0 bridgehead atoms. The number of benzene rings is 2. The van der Waals surface area contributed by atoms with Crippen molar-refractivity contribution in [3.63, 3.8) is 0 Å². The minimum Gasteiger partial charge on any atom is -0.324 e. The van der Waals surface area contributed by atoms with Crippen LogP contribution >= 0.6 is 11.6 Å². The molecule has 1 heterocycles. The fourth-order valence-corrected chi connectivity index (χ4v) is 2.49. The zero-order chi connectivity index (χ0) is 18.0. The van der Waals surface area contributed by atoms with Gasteiger partial charge in [0, 0.05) is 17.1 Å². The third-order valence-corrected chi connectivity index (χ3v) is 3.80. The average molecular weight is 359 g/mol. The van der Waals surface area contributed by atoms with Crippen molar-refractivity contribution in [3.8, 4) is 0 Å². The lowest BCUT2D eigenvalue weighted by atomic mass is 10.2. The first-order chi connectivity index (χ1) is 12.0. The summed E-state index contributed by atoms with van der Waals surface area (Å²) in [6.45, 7) is -0.319. The fraction of sp³-hybridized carbons (Fsp3) is 0.0625. The summed E-state index contributed by atoms with van der Waals surface area (Å²) >= 11 is 5.72. The van der Waals surface area contributed by atoms with Crippen LogP contribution in [0.15, 0.2) is 53.5 Å². The number of carbonyl (C=O) groups excluding carboxylic acids is 1. The number of aromatic nitrogens is 2. The molecular weight excluding hydrogens is 348 g/mol. The van der Waals surface area contributed by atoms with Gasteiger partial charge in [0.2, 0.25) is 5.91 Å². The standard InChI is InChI=1S/C16H11ClN4O4/c17-13-6-5-11(7-14(13)21(24)25)19-15(22)9-20-16(23)12-4-2-1-3-10(12)8-18-20/h1-8H,9H2,(H,19,22). The van der Waals surface area contributed by atoms with E-state index < -0.39 is 16.4 Å². The second-order valence-electron chi connectivity index (χ2n) is 5.17. The number of amides is 1. The molecule has 0 atom stereocenters. The Morgan fingerprint density at radius 3 is 2.80 bits per heavy atom. The highest BCUT2D eigenvalue weighted by Crippen LogP contribution is 2.27. The summed E-state index contributed by atoms with van der Waals surface area (Å²) in [5.41, 5.74) is -0.509. The molecule has 0 unspecified atom stereocenters. The van der Waals surface area contributed by atoms with Crippen LogP contribution in [0, 0.1) is 10.1 Å². The molecule has 0 saturated heterocycles. The predicted octanol–water partition coefficient (Wildman–Crippen LogP) is 2.60. The van der Waals surface area contributed by atoms with E-state index in [0.717, 1.165) is 10.7 Å². The summed E-state index contributed by atoms with van der Waals surface area (Å²) in [4.78, 5) is 34.7. The van der Waals surface area contributed by atoms with Gasteiger partial charge in [0.15, 0.2) is 0 Å². The Bertz CT molecular complexity index is 1050. The number of fused-ring (bicyclic) bond motifs is 1. The number of hydrogen-bond acceptors (Lipinski definition) is 5. The largest absolute Gasteiger partial charge is 0.324 e. The van der Waals surface area contributed by atoms with Crippen molar-refractivity contribution in [2.45, 2.75) is 6.54 Å². The molecule has 126 valence electrons. The van der Waals surface area contributed by atoms with Crippen LogP contribution in [-0.2, 0) is 11.3 Å². The zero-order valence-electron chi connectivity index (χ0n) is 12.7. The van der Waals surface area contributed by atoms with E-state index in [-0.39, 0.29) is 22.9 Å². The van der Waals surface area contributed by atoms with Crippen molar-refractivity contribution >= 4 is 39.7 Å². The zero-order valence-corrected chi connectivity index (χ0v) is 13.4. The summed E-state index contributed by atoms with van der Waals surface area (Å²) in [5.74, 6) is -0.540. The molecule has 0 saturated carbocycles. The number of rotatable bonds is 4. The van der Waals surface area contributed by atoms with Crippen LogP contribution < -0.4 is 10.9 Å². The molecule has 25 heavy (non-hydrogen) atoms. The monoisotopic (exact) mass is 358 g/mol. The van der Waals surface area contributed by atoms with Gasteiger partial charge in [-0.3, -0.25) is 19.7 Å². The summed E-state index contributed by atoms with van der Waals surface area (Å²) in [6.07, 6.45) is 1.50. The predicted molar refractivity (Wildman–Crippen MR) is 92.7 cm³/mol. The van der Waals surface area contributed by atoms with Gasteiger partial charge < -0.3 is 5.32 Å². The van der Waals surface area contributed by atoms with Gasteiger partial charge >= 0.3 is 0 Å². The molecule has 9 heteroatoms. The number of nitrogens with one attached hydrogen (secondary N) is 1. The maximum Gasteiger partial charge on any atom is 0.289 e. The van der Waals surface area contributed by atoms with Gasteiger partial charge in [-0.05, 0) is 18.2 Å². The Kier molecular flexibility index (Phi) is 4.44. The Labute approximate surface area is 145 Å². The highest BCUT2D eigenvalue weighted by molar-refractivity contribution is 6.32. The van der Waals surface area contributed by atoms with E-state index in [2.05, 4.69) is 10.4 Å². The topological polar surface area (TPSA) is 107 Å². The summed E-state index contributed by atoms with van der Waals surface area (Å²) in [6, 6.07) is 10.8. The number of nitrogens with zero attached hydrogens (tertiary/aromatic N) is 3. The molecule has 0 aliphatic heterocycles. The average Bonchev–Trinajstić information content (AvgIpc) is 2.59. The minimum atomic E-state index is -0.645. The van der Waals surface area contributed by atoms with E-state index in [0.29, 0.717) is 10.8 Å². The van der Waals surface area contributed by atoms with Gasteiger partial charge in [0.1, 0.15) is 11.6 Å². The maximum atomic E-state index is 12.3. The van der Waals surface area contributed by atoms with Crippen molar-refractivity contribution in [2.75, 3.05) is 5.32 Å². The van der Waals surface area contributed by atoms with E-state index in [1.807, 2.05) is 0 Å². The normalized spacial score (nSPS) is 10.6. The second kappa shape index (κ2) is 6.70. The van der Waals surface area contributed by atoms with Crippen molar-refractivity contribution < 1.29 is 9.72 Å². The Morgan fingerprint density at radius 2 is 2.04 bits per heavy atom. The third-order valence-electron chi connectivity index (χ3n) is 3.48. The molecule has 2 aromatic carbocycles. The second-order valence-corrected chi connectivity index (χ2v) is 5.57. The molecule has 8 nitrogen and oxygen atoms in total. The first-order valence-corrected chi connectivity index (χ1v) is 7.52. The van der Waals surface area contributed by atoms with Gasteiger partial charge in [-0.25, -0.2) is 4.68 Å². The fourth-order valence-electron chi connectivity index (χ4n) is 2.31. The van der Waals surface area contributed by atoms with Gasteiger partial charge in [0.25, 0.3) is 11.2 Å². The Balaban J connectivity index is 1.82. The lowest BCUT2D eigenvalue weighted by Gasteiger charge is -2.08. The van der Waals surface area contributed by atoms with Gasteiger partial charge in [-0.15, -0.1) is 0 Å². The molecule has 3 rings (SSSR count). The first-order valence-electron chi connectivity index (χ1n) is 7.14. The van der Waals surface area contributed by atoms with Crippen molar-refractivity contribution in [1.82, 2.24) is 9.78 Å². The third kappa shape index (κ3) is 3.48. The minimum absolute atomic E-state index is 0.0320. The quantitative estimate of drug-likeness (QED) is 0.569. The molecule has 0 fully saturated rings. The number of halogens is 1. The van der Waals surface area contributed by atoms with Crippen LogP contribution in [0.3, 0.4) is 0 Å². The highest BCUT2D eigenvalue weighted by atomic mass is 35.5. The van der Waals surface area contributed by atoms with E-state index in [1.54, 1.807) is 24.3 Å². The van der Waals surface area contributed by atoms with Crippen LogP contribution in [0.1, 0.15) is 0 Å². The molecule has 0 aliphatic rings.